The summed E-state index contributed by atoms with van der Waals surface area (Å²) in [6.07, 6.45) is 0. The van der Waals surface area contributed by atoms with E-state index in [1.54, 1.807) is 18.2 Å². The van der Waals surface area contributed by atoms with Crippen molar-refractivity contribution >= 4 is 23.2 Å². The van der Waals surface area contributed by atoms with Crippen molar-refractivity contribution in [3.05, 3.63) is 64.2 Å². The molecule has 0 heterocycles. The van der Waals surface area contributed by atoms with Crippen LogP contribution >= 0.6 is 23.2 Å². The zero-order valence-corrected chi connectivity index (χ0v) is 11.3. The van der Waals surface area contributed by atoms with E-state index < -0.39 is 11.6 Å². The number of alkyl halides is 1. The molecule has 0 bridgehead atoms. The second kappa shape index (κ2) is 6.22. The van der Waals surface area contributed by atoms with E-state index >= 15 is 0 Å². The third-order valence-corrected chi connectivity index (χ3v) is 3.13. The van der Waals surface area contributed by atoms with Crippen LogP contribution in [0.25, 0.3) is 0 Å². The maximum atomic E-state index is 13.0. The van der Waals surface area contributed by atoms with E-state index in [1.165, 1.54) is 6.07 Å². The first kappa shape index (κ1) is 14.1. The summed E-state index contributed by atoms with van der Waals surface area (Å²) in [5.41, 5.74) is 1.41. The Balaban J connectivity index is 2.07. The van der Waals surface area contributed by atoms with E-state index in [4.69, 9.17) is 27.9 Å². The molecule has 0 N–H and O–H groups in total. The van der Waals surface area contributed by atoms with Gasteiger partial charge in [-0.05, 0) is 35.4 Å². The van der Waals surface area contributed by atoms with Gasteiger partial charge in [-0.2, -0.15) is 0 Å². The SMILES string of the molecule is Fc1ccc(COc2ccc(CCl)cc2Cl)cc1F. The first-order valence-corrected chi connectivity index (χ1v) is 6.42. The van der Waals surface area contributed by atoms with Crippen molar-refractivity contribution in [1.82, 2.24) is 0 Å². The first-order chi connectivity index (χ1) is 9.10. The maximum absolute atomic E-state index is 13.0. The van der Waals surface area contributed by atoms with Crippen molar-refractivity contribution in [2.24, 2.45) is 0 Å². The van der Waals surface area contributed by atoms with E-state index in [0.29, 0.717) is 22.2 Å². The topological polar surface area (TPSA) is 9.23 Å². The molecule has 0 amide bonds. The van der Waals surface area contributed by atoms with Crippen molar-refractivity contribution in [3.63, 3.8) is 0 Å². The van der Waals surface area contributed by atoms with Crippen molar-refractivity contribution in [2.45, 2.75) is 12.5 Å². The summed E-state index contributed by atoms with van der Waals surface area (Å²) in [5, 5.41) is 0.431. The van der Waals surface area contributed by atoms with Crippen molar-refractivity contribution < 1.29 is 13.5 Å². The molecule has 100 valence electrons. The lowest BCUT2D eigenvalue weighted by molar-refractivity contribution is 0.305. The Hall–Kier alpha value is -1.32. The molecule has 0 aliphatic rings. The van der Waals surface area contributed by atoms with E-state index in [1.807, 2.05) is 0 Å². The van der Waals surface area contributed by atoms with Gasteiger partial charge in [0.05, 0.1) is 5.02 Å². The van der Waals surface area contributed by atoms with Gasteiger partial charge in [-0.1, -0.05) is 23.7 Å². The van der Waals surface area contributed by atoms with Crippen LogP contribution in [0.1, 0.15) is 11.1 Å². The highest BCUT2D eigenvalue weighted by Gasteiger charge is 2.06. The number of benzene rings is 2. The molecule has 0 fully saturated rings. The number of hydrogen-bond acceptors (Lipinski definition) is 1. The third-order valence-electron chi connectivity index (χ3n) is 2.53. The largest absolute Gasteiger partial charge is 0.487 e. The van der Waals surface area contributed by atoms with Crippen molar-refractivity contribution in [2.75, 3.05) is 0 Å². The van der Waals surface area contributed by atoms with Crippen LogP contribution in [0, 0.1) is 11.6 Å². The molecule has 0 radical (unpaired) electrons. The molecule has 0 aliphatic carbocycles. The van der Waals surface area contributed by atoms with Crippen LogP contribution in [0.4, 0.5) is 8.78 Å². The van der Waals surface area contributed by atoms with Crippen LogP contribution in [0.2, 0.25) is 5.02 Å². The molecular weight excluding hydrogens is 293 g/mol. The Morgan fingerprint density at radius 1 is 0.947 bits per heavy atom. The lowest BCUT2D eigenvalue weighted by Gasteiger charge is -2.09. The Kier molecular flexibility index (Phi) is 4.61. The molecule has 0 spiro atoms. The average molecular weight is 303 g/mol. The van der Waals surface area contributed by atoms with Crippen LogP contribution in [0.5, 0.6) is 5.75 Å². The third kappa shape index (κ3) is 3.58. The maximum Gasteiger partial charge on any atom is 0.159 e. The standard InChI is InChI=1S/C14H10Cl2F2O/c15-7-9-2-4-14(11(16)5-9)19-8-10-1-3-12(17)13(18)6-10/h1-6H,7-8H2. The van der Waals surface area contributed by atoms with Gasteiger partial charge in [0.15, 0.2) is 11.6 Å². The molecule has 2 rings (SSSR count). The summed E-state index contributed by atoms with van der Waals surface area (Å²) in [6.45, 7) is 0.108. The molecule has 0 saturated heterocycles. The number of halogens is 4. The Morgan fingerprint density at radius 3 is 2.32 bits per heavy atom. The van der Waals surface area contributed by atoms with Gasteiger partial charge in [-0.3, -0.25) is 0 Å². The lowest BCUT2D eigenvalue weighted by atomic mass is 10.2. The summed E-state index contributed by atoms with van der Waals surface area (Å²) < 4.78 is 31.2. The molecule has 0 aromatic heterocycles. The summed E-state index contributed by atoms with van der Waals surface area (Å²) in [6, 6.07) is 8.80. The minimum atomic E-state index is -0.898. The number of hydrogen-bond donors (Lipinski definition) is 0. The summed E-state index contributed by atoms with van der Waals surface area (Å²) in [7, 11) is 0. The molecule has 1 nitrogen and oxygen atoms in total. The molecule has 2 aromatic carbocycles. The molecule has 0 saturated carbocycles. The van der Waals surface area contributed by atoms with Gasteiger partial charge in [0.1, 0.15) is 12.4 Å². The monoisotopic (exact) mass is 302 g/mol. The summed E-state index contributed by atoms with van der Waals surface area (Å²) >= 11 is 11.7. The van der Waals surface area contributed by atoms with Gasteiger partial charge in [-0.15, -0.1) is 11.6 Å². The van der Waals surface area contributed by atoms with Crippen LogP contribution in [-0.2, 0) is 12.5 Å². The number of rotatable bonds is 4. The zero-order chi connectivity index (χ0) is 13.8. The molecule has 0 aliphatic heterocycles. The molecule has 0 unspecified atom stereocenters. The summed E-state index contributed by atoms with van der Waals surface area (Å²) in [5.74, 6) is -0.943. The van der Waals surface area contributed by atoms with Crippen LogP contribution in [-0.4, -0.2) is 0 Å². The predicted octanol–water partition coefficient (Wildman–Crippen LogP) is 4.94. The quantitative estimate of drug-likeness (QED) is 0.727. The van der Waals surface area contributed by atoms with Crippen LogP contribution in [0.15, 0.2) is 36.4 Å². The molecule has 0 atom stereocenters. The normalized spacial score (nSPS) is 10.5. The van der Waals surface area contributed by atoms with Gasteiger partial charge < -0.3 is 4.74 Å². The highest BCUT2D eigenvalue weighted by molar-refractivity contribution is 6.32. The second-order valence-corrected chi connectivity index (χ2v) is 4.61. The fourth-order valence-electron chi connectivity index (χ4n) is 1.54. The van der Waals surface area contributed by atoms with Crippen LogP contribution < -0.4 is 4.74 Å². The Labute approximate surface area is 119 Å². The minimum absolute atomic E-state index is 0.108. The second-order valence-electron chi connectivity index (χ2n) is 3.94. The van der Waals surface area contributed by atoms with Crippen LogP contribution in [0.3, 0.4) is 0 Å². The molecular formula is C14H10Cl2F2O. The van der Waals surface area contributed by atoms with E-state index in [2.05, 4.69) is 0 Å². The lowest BCUT2D eigenvalue weighted by Crippen LogP contribution is -1.98. The summed E-state index contributed by atoms with van der Waals surface area (Å²) in [4.78, 5) is 0. The van der Waals surface area contributed by atoms with Gasteiger partial charge in [0.2, 0.25) is 0 Å². The van der Waals surface area contributed by atoms with E-state index in [0.717, 1.165) is 17.7 Å². The van der Waals surface area contributed by atoms with Crippen molar-refractivity contribution in [1.29, 1.82) is 0 Å². The Bertz CT molecular complexity index is 588. The van der Waals surface area contributed by atoms with Gasteiger partial charge in [-0.25, -0.2) is 8.78 Å². The highest BCUT2D eigenvalue weighted by atomic mass is 35.5. The van der Waals surface area contributed by atoms with Gasteiger partial charge >= 0.3 is 0 Å². The van der Waals surface area contributed by atoms with E-state index in [9.17, 15) is 8.78 Å². The molecule has 2 aromatic rings. The van der Waals surface area contributed by atoms with Gasteiger partial charge in [0.25, 0.3) is 0 Å². The predicted molar refractivity (Wildman–Crippen MR) is 71.7 cm³/mol. The highest BCUT2D eigenvalue weighted by Crippen LogP contribution is 2.27. The van der Waals surface area contributed by atoms with Crippen molar-refractivity contribution in [3.8, 4) is 5.75 Å². The smallest absolute Gasteiger partial charge is 0.159 e. The van der Waals surface area contributed by atoms with Gasteiger partial charge in [0, 0.05) is 5.88 Å². The fourth-order valence-corrected chi connectivity index (χ4v) is 1.96. The minimum Gasteiger partial charge on any atom is -0.487 e. The number of ether oxygens (including phenoxy) is 1. The fraction of sp³-hybridized carbons (Fsp3) is 0.143. The first-order valence-electron chi connectivity index (χ1n) is 5.51. The van der Waals surface area contributed by atoms with E-state index in [-0.39, 0.29) is 6.61 Å². The zero-order valence-electron chi connectivity index (χ0n) is 9.80. The average Bonchev–Trinajstić information content (AvgIpc) is 2.41. The Morgan fingerprint density at radius 2 is 1.68 bits per heavy atom. The molecule has 5 heteroatoms. The molecule has 19 heavy (non-hydrogen) atoms.